The number of benzene rings is 2. The molecule has 2 aromatic carbocycles. The molecule has 0 aromatic heterocycles. The number of amides is 1. The van der Waals surface area contributed by atoms with Crippen LogP contribution < -0.4 is 19.5 Å². The van der Waals surface area contributed by atoms with Gasteiger partial charge in [0.05, 0.1) is 19.1 Å². The Morgan fingerprint density at radius 1 is 1.00 bits per heavy atom. The number of ether oxygens (including phenoxy) is 3. The lowest BCUT2D eigenvalue weighted by molar-refractivity contribution is -0.121. The maximum atomic E-state index is 12.4. The van der Waals surface area contributed by atoms with Crippen molar-refractivity contribution < 1.29 is 19.0 Å². The average Bonchev–Trinajstić information content (AvgIpc) is 3.09. The van der Waals surface area contributed by atoms with Crippen molar-refractivity contribution >= 4 is 5.91 Å². The lowest BCUT2D eigenvalue weighted by Gasteiger charge is -2.21. The van der Waals surface area contributed by atoms with Crippen molar-refractivity contribution in [2.24, 2.45) is 0 Å². The maximum Gasteiger partial charge on any atom is 0.224 e. The molecule has 0 bridgehead atoms. The molecule has 0 aliphatic carbocycles. The van der Waals surface area contributed by atoms with Gasteiger partial charge in [0, 0.05) is 6.42 Å². The molecule has 25 heavy (non-hydrogen) atoms. The van der Waals surface area contributed by atoms with Gasteiger partial charge in [-0.25, -0.2) is 0 Å². The van der Waals surface area contributed by atoms with Crippen LogP contribution in [0.1, 0.15) is 29.7 Å². The van der Waals surface area contributed by atoms with E-state index >= 15 is 0 Å². The minimum absolute atomic E-state index is 0.00116. The molecule has 1 amide bonds. The maximum absolute atomic E-state index is 12.4. The molecule has 2 aliphatic rings. The van der Waals surface area contributed by atoms with Crippen LogP contribution in [-0.4, -0.2) is 25.7 Å². The number of carbonyl (C=O) groups is 1. The minimum atomic E-state index is -0.0962. The fourth-order valence-corrected chi connectivity index (χ4v) is 3.24. The molecule has 0 saturated carbocycles. The summed E-state index contributed by atoms with van der Waals surface area (Å²) in [5.41, 5.74) is 3.20. The normalized spacial score (nSPS) is 15.9. The number of hydrogen-bond donors (Lipinski definition) is 1. The fourth-order valence-electron chi connectivity index (χ4n) is 3.24. The highest BCUT2D eigenvalue weighted by atomic mass is 16.6. The molecule has 130 valence electrons. The summed E-state index contributed by atoms with van der Waals surface area (Å²) in [4.78, 5) is 12.4. The molecule has 1 N–H and O–H groups in total. The Bertz CT molecular complexity index is 802. The SMILES string of the molecule is CC(NC(=O)Cc1ccc2c(c1)CCO2)c1ccc2c(c1)OCCO2. The zero-order chi connectivity index (χ0) is 17.2. The van der Waals surface area contributed by atoms with Crippen LogP contribution in [0.4, 0.5) is 0 Å². The van der Waals surface area contributed by atoms with Crippen LogP contribution in [0, 0.1) is 0 Å². The molecular formula is C20H21NO4. The van der Waals surface area contributed by atoms with Crippen LogP contribution >= 0.6 is 0 Å². The lowest BCUT2D eigenvalue weighted by Crippen LogP contribution is -2.28. The Balaban J connectivity index is 1.40. The third-order valence-electron chi connectivity index (χ3n) is 4.56. The molecule has 1 unspecified atom stereocenters. The molecule has 0 saturated heterocycles. The van der Waals surface area contributed by atoms with Crippen LogP contribution in [0.2, 0.25) is 0 Å². The van der Waals surface area contributed by atoms with Gasteiger partial charge in [0.15, 0.2) is 11.5 Å². The number of hydrogen-bond acceptors (Lipinski definition) is 4. The summed E-state index contributed by atoms with van der Waals surface area (Å²) >= 11 is 0. The number of carbonyl (C=O) groups excluding carboxylic acids is 1. The first-order valence-electron chi connectivity index (χ1n) is 8.62. The summed E-state index contributed by atoms with van der Waals surface area (Å²) < 4.78 is 16.6. The summed E-state index contributed by atoms with van der Waals surface area (Å²) in [6.07, 6.45) is 1.28. The van der Waals surface area contributed by atoms with E-state index in [1.165, 1.54) is 5.56 Å². The van der Waals surface area contributed by atoms with E-state index in [0.717, 1.165) is 41.4 Å². The van der Waals surface area contributed by atoms with E-state index in [2.05, 4.69) is 11.4 Å². The number of nitrogens with one attached hydrogen (secondary N) is 1. The predicted molar refractivity (Wildman–Crippen MR) is 93.3 cm³/mol. The largest absolute Gasteiger partial charge is 0.493 e. The lowest BCUT2D eigenvalue weighted by atomic mass is 10.0. The van der Waals surface area contributed by atoms with Crippen LogP contribution in [-0.2, 0) is 17.6 Å². The Kier molecular flexibility index (Phi) is 4.22. The Hall–Kier alpha value is -2.69. The van der Waals surface area contributed by atoms with E-state index in [1.54, 1.807) is 0 Å². The molecule has 1 atom stereocenters. The van der Waals surface area contributed by atoms with E-state index in [1.807, 2.05) is 37.3 Å². The van der Waals surface area contributed by atoms with Crippen molar-refractivity contribution in [2.75, 3.05) is 19.8 Å². The van der Waals surface area contributed by atoms with Crippen LogP contribution in [0.5, 0.6) is 17.2 Å². The molecule has 2 heterocycles. The predicted octanol–water partition coefficient (Wildman–Crippen LogP) is 2.81. The molecule has 0 fully saturated rings. The molecule has 0 spiro atoms. The first-order valence-corrected chi connectivity index (χ1v) is 8.62. The molecule has 2 aromatic rings. The van der Waals surface area contributed by atoms with E-state index < -0.39 is 0 Å². The second-order valence-electron chi connectivity index (χ2n) is 6.41. The van der Waals surface area contributed by atoms with Gasteiger partial charge in [0.2, 0.25) is 5.91 Å². The summed E-state index contributed by atoms with van der Waals surface area (Å²) in [5.74, 6) is 2.44. The van der Waals surface area contributed by atoms with E-state index in [0.29, 0.717) is 19.6 Å². The molecular weight excluding hydrogens is 318 g/mol. The minimum Gasteiger partial charge on any atom is -0.493 e. The van der Waals surface area contributed by atoms with E-state index in [9.17, 15) is 4.79 Å². The van der Waals surface area contributed by atoms with Gasteiger partial charge in [-0.15, -0.1) is 0 Å². The van der Waals surface area contributed by atoms with Crippen LogP contribution in [0.25, 0.3) is 0 Å². The molecule has 0 radical (unpaired) electrons. The third-order valence-corrected chi connectivity index (χ3v) is 4.56. The van der Waals surface area contributed by atoms with Crippen molar-refractivity contribution in [3.8, 4) is 17.2 Å². The van der Waals surface area contributed by atoms with Crippen molar-refractivity contribution in [1.82, 2.24) is 5.32 Å². The second kappa shape index (κ2) is 6.67. The van der Waals surface area contributed by atoms with Gasteiger partial charge in [0.1, 0.15) is 19.0 Å². The van der Waals surface area contributed by atoms with Gasteiger partial charge in [-0.1, -0.05) is 18.2 Å². The zero-order valence-corrected chi connectivity index (χ0v) is 14.2. The molecule has 2 aliphatic heterocycles. The standard InChI is InChI=1S/C20H21NO4/c1-13(15-3-5-18-19(12-15)25-9-8-24-18)21-20(22)11-14-2-4-17-16(10-14)6-7-23-17/h2-5,10,12-13H,6-9,11H2,1H3,(H,21,22). The highest BCUT2D eigenvalue weighted by Crippen LogP contribution is 2.32. The van der Waals surface area contributed by atoms with Crippen LogP contribution in [0.15, 0.2) is 36.4 Å². The highest BCUT2D eigenvalue weighted by molar-refractivity contribution is 5.79. The Morgan fingerprint density at radius 2 is 1.76 bits per heavy atom. The van der Waals surface area contributed by atoms with Gasteiger partial charge in [-0.3, -0.25) is 4.79 Å². The average molecular weight is 339 g/mol. The van der Waals surface area contributed by atoms with Gasteiger partial charge in [0.25, 0.3) is 0 Å². The highest BCUT2D eigenvalue weighted by Gasteiger charge is 2.17. The first-order chi connectivity index (χ1) is 12.2. The topological polar surface area (TPSA) is 56.8 Å². The second-order valence-corrected chi connectivity index (χ2v) is 6.41. The third kappa shape index (κ3) is 3.40. The summed E-state index contributed by atoms with van der Waals surface area (Å²) in [6, 6.07) is 11.7. The van der Waals surface area contributed by atoms with Gasteiger partial charge in [-0.2, -0.15) is 0 Å². The fraction of sp³-hybridized carbons (Fsp3) is 0.350. The van der Waals surface area contributed by atoms with Crippen molar-refractivity contribution in [2.45, 2.75) is 25.8 Å². The van der Waals surface area contributed by atoms with Crippen molar-refractivity contribution in [3.05, 3.63) is 53.1 Å². The summed E-state index contributed by atoms with van der Waals surface area (Å²) in [7, 11) is 0. The number of fused-ring (bicyclic) bond motifs is 2. The monoisotopic (exact) mass is 339 g/mol. The van der Waals surface area contributed by atoms with E-state index in [4.69, 9.17) is 14.2 Å². The Morgan fingerprint density at radius 3 is 2.64 bits per heavy atom. The quantitative estimate of drug-likeness (QED) is 0.931. The van der Waals surface area contributed by atoms with Crippen molar-refractivity contribution in [1.29, 1.82) is 0 Å². The van der Waals surface area contributed by atoms with E-state index in [-0.39, 0.29) is 11.9 Å². The molecule has 5 heteroatoms. The van der Waals surface area contributed by atoms with Crippen LogP contribution in [0.3, 0.4) is 0 Å². The summed E-state index contributed by atoms with van der Waals surface area (Å²) in [5, 5.41) is 3.05. The zero-order valence-electron chi connectivity index (χ0n) is 14.2. The van der Waals surface area contributed by atoms with Gasteiger partial charge in [-0.05, 0) is 41.8 Å². The molecule has 5 nitrogen and oxygen atoms in total. The Labute approximate surface area is 146 Å². The van der Waals surface area contributed by atoms with Crippen molar-refractivity contribution in [3.63, 3.8) is 0 Å². The first kappa shape index (κ1) is 15.8. The smallest absolute Gasteiger partial charge is 0.224 e. The van der Waals surface area contributed by atoms with Gasteiger partial charge >= 0.3 is 0 Å². The van der Waals surface area contributed by atoms with Gasteiger partial charge < -0.3 is 19.5 Å². The number of rotatable bonds is 4. The summed E-state index contributed by atoms with van der Waals surface area (Å²) in [6.45, 7) is 3.83. The molecule has 4 rings (SSSR count).